The largest absolute Gasteiger partial charge is 1.00 e. The third-order valence-electron chi connectivity index (χ3n) is 6.14. The van der Waals surface area contributed by atoms with Crippen LogP contribution in [0.5, 0.6) is 0 Å². The van der Waals surface area contributed by atoms with Gasteiger partial charge in [-0.3, -0.25) is 4.79 Å². The van der Waals surface area contributed by atoms with Crippen LogP contribution in [0.1, 0.15) is 118 Å². The first-order valence-corrected chi connectivity index (χ1v) is 12.3. The highest BCUT2D eigenvalue weighted by molar-refractivity contribution is 5.78. The van der Waals surface area contributed by atoms with E-state index in [0.29, 0.717) is 18.6 Å². The highest BCUT2D eigenvalue weighted by Crippen LogP contribution is 2.19. The Bertz CT molecular complexity index is 370. The van der Waals surface area contributed by atoms with Crippen molar-refractivity contribution in [2.75, 3.05) is 26.2 Å². The molecule has 29 heavy (non-hydrogen) atoms. The second kappa shape index (κ2) is 20.3. The lowest BCUT2D eigenvalue weighted by atomic mass is 9.92. The van der Waals surface area contributed by atoms with E-state index in [9.17, 15) is 4.79 Å². The van der Waals surface area contributed by atoms with Gasteiger partial charge in [0.1, 0.15) is 5.78 Å². The van der Waals surface area contributed by atoms with E-state index in [-0.39, 0.29) is 10.6 Å². The summed E-state index contributed by atoms with van der Waals surface area (Å²) in [6.07, 6.45) is 16.1. The van der Waals surface area contributed by atoms with Crippen molar-refractivity contribution < 1.29 is 14.0 Å². The molecule has 4 heteroatoms. The van der Waals surface area contributed by atoms with Gasteiger partial charge in [-0.1, -0.05) is 53.4 Å². The number of hydrogen-bond acceptors (Lipinski definition) is 2. The zero-order valence-corrected chi connectivity index (χ0v) is 20.0. The lowest BCUT2D eigenvalue weighted by Gasteiger charge is -2.39. The highest BCUT2D eigenvalue weighted by Gasteiger charge is 2.24. The van der Waals surface area contributed by atoms with E-state index in [0.717, 1.165) is 25.7 Å². The van der Waals surface area contributed by atoms with Gasteiger partial charge in [0, 0.05) is 18.8 Å². The fraction of sp³-hybridized carbons (Fsp3) is 0.920. The summed E-state index contributed by atoms with van der Waals surface area (Å²) in [5.41, 5.74) is 0. The number of nitrogens with zero attached hydrogens (tertiary/aromatic N) is 2. The lowest BCUT2D eigenvalue weighted by Crippen LogP contribution is -3.00. The quantitative estimate of drug-likeness (QED) is 0.454. The van der Waals surface area contributed by atoms with Crippen molar-refractivity contribution in [2.24, 2.45) is 5.92 Å². The maximum atomic E-state index is 10.9. The fourth-order valence-corrected chi connectivity index (χ4v) is 4.13. The van der Waals surface area contributed by atoms with Crippen LogP contribution in [0.2, 0.25) is 0 Å². The predicted molar refractivity (Wildman–Crippen MR) is 121 cm³/mol. The number of ketones is 1. The normalized spacial score (nSPS) is 15.3. The monoisotopic (exact) mass is 412 g/mol. The number of nitriles is 1. The van der Waals surface area contributed by atoms with E-state index in [4.69, 9.17) is 5.26 Å². The summed E-state index contributed by atoms with van der Waals surface area (Å²) >= 11 is 0. The van der Waals surface area contributed by atoms with Gasteiger partial charge in [0.05, 0.1) is 32.2 Å². The predicted octanol–water partition coefficient (Wildman–Crippen LogP) is 4.06. The zero-order chi connectivity index (χ0) is 21.1. The molecule has 0 heterocycles. The van der Waals surface area contributed by atoms with Gasteiger partial charge in [-0.05, 0) is 51.4 Å². The Morgan fingerprint density at radius 2 is 1.14 bits per heavy atom. The second-order valence-electron chi connectivity index (χ2n) is 8.80. The summed E-state index contributed by atoms with van der Waals surface area (Å²) < 4.78 is 1.42. The Kier molecular flexibility index (Phi) is 21.2. The molecule has 0 bridgehead atoms. The number of Topliss-reactive ketones (excluding diaryl/α,β-unsaturated/α-hetero) is 1. The van der Waals surface area contributed by atoms with Crippen molar-refractivity contribution >= 4 is 5.78 Å². The van der Waals surface area contributed by atoms with Crippen LogP contribution in [0.3, 0.4) is 0 Å². The van der Waals surface area contributed by atoms with Crippen molar-refractivity contribution in [1.82, 2.24) is 0 Å². The van der Waals surface area contributed by atoms with E-state index >= 15 is 0 Å². The number of rotatable bonds is 12. The number of carbonyl (C=O) groups excluding carboxylic acids is 1. The van der Waals surface area contributed by atoms with Crippen molar-refractivity contribution in [3.63, 3.8) is 0 Å². The Morgan fingerprint density at radius 1 is 0.793 bits per heavy atom. The third-order valence-corrected chi connectivity index (χ3v) is 6.14. The Labute approximate surface area is 181 Å². The maximum absolute atomic E-state index is 10.9. The molecule has 0 aromatic heterocycles. The summed E-state index contributed by atoms with van der Waals surface area (Å²) in [5, 5.41) is 8.64. The fourth-order valence-electron chi connectivity index (χ4n) is 4.13. The van der Waals surface area contributed by atoms with Crippen molar-refractivity contribution in [2.45, 2.75) is 118 Å². The molecule has 0 atom stereocenters. The third kappa shape index (κ3) is 15.5. The molecule has 172 valence electrons. The van der Waals surface area contributed by atoms with Gasteiger partial charge in [-0.2, -0.15) is 5.26 Å². The molecule has 0 radical (unpaired) electrons. The molecule has 1 saturated carbocycles. The molecule has 0 aromatic rings. The Morgan fingerprint density at radius 3 is 1.41 bits per heavy atom. The van der Waals surface area contributed by atoms with Gasteiger partial charge >= 0.3 is 0 Å². The molecule has 0 N–H and O–H groups in total. The molecule has 1 fully saturated rings. The number of quaternary nitrogens is 1. The van der Waals surface area contributed by atoms with Crippen LogP contribution < -0.4 is 4.70 Å². The number of carbonyl (C=O) groups is 1. The van der Waals surface area contributed by atoms with E-state index in [2.05, 4.69) is 33.8 Å². The molecule has 0 amide bonds. The van der Waals surface area contributed by atoms with Gasteiger partial charge in [0.25, 0.3) is 0 Å². The number of halogens is 1. The minimum Gasteiger partial charge on any atom is -1.00 e. The highest BCUT2D eigenvalue weighted by atomic mass is 19.0. The van der Waals surface area contributed by atoms with Gasteiger partial charge in [0.2, 0.25) is 0 Å². The van der Waals surface area contributed by atoms with Crippen LogP contribution in [0.4, 0.5) is 0 Å². The zero-order valence-electron chi connectivity index (χ0n) is 20.0. The molecule has 1 aliphatic carbocycles. The van der Waals surface area contributed by atoms with Gasteiger partial charge in [-0.15, -0.1) is 0 Å². The molecule has 1 aliphatic rings. The second-order valence-corrected chi connectivity index (χ2v) is 8.80. The van der Waals surface area contributed by atoms with E-state index in [1.54, 1.807) is 0 Å². The van der Waals surface area contributed by atoms with E-state index in [1.807, 2.05) is 0 Å². The first-order valence-electron chi connectivity index (χ1n) is 12.3. The average Bonchev–Trinajstić information content (AvgIpc) is 2.70. The average molecular weight is 413 g/mol. The summed E-state index contributed by atoms with van der Waals surface area (Å²) in [7, 11) is 0. The van der Waals surface area contributed by atoms with Gasteiger partial charge in [0.15, 0.2) is 0 Å². The summed E-state index contributed by atoms with van der Waals surface area (Å²) in [6.45, 7) is 15.0. The van der Waals surface area contributed by atoms with Crippen LogP contribution in [-0.4, -0.2) is 36.4 Å². The Hall–Kier alpha value is -0.950. The SMILES string of the molecule is CCCC[N+](CCCC)(CCCC)CCCC.N#CC1CCCC(=O)CCC1.[F-]. The van der Waals surface area contributed by atoms with E-state index in [1.165, 1.54) is 82.0 Å². The molecule has 0 aliphatic heterocycles. The van der Waals surface area contributed by atoms with Gasteiger partial charge in [-0.25, -0.2) is 0 Å². The van der Waals surface area contributed by atoms with E-state index < -0.39 is 0 Å². The molecular formula is C25H49FN2O. The van der Waals surface area contributed by atoms with Crippen LogP contribution in [0, 0.1) is 17.2 Å². The molecule has 0 saturated heterocycles. The first kappa shape index (κ1) is 30.2. The van der Waals surface area contributed by atoms with Crippen molar-refractivity contribution in [3.8, 4) is 6.07 Å². The molecular weight excluding hydrogens is 363 g/mol. The molecule has 3 nitrogen and oxygen atoms in total. The number of unbranched alkanes of at least 4 members (excludes halogenated alkanes) is 4. The summed E-state index contributed by atoms with van der Waals surface area (Å²) in [4.78, 5) is 10.9. The molecule has 0 unspecified atom stereocenters. The van der Waals surface area contributed by atoms with Crippen LogP contribution in [0.25, 0.3) is 0 Å². The van der Waals surface area contributed by atoms with Crippen LogP contribution in [-0.2, 0) is 4.79 Å². The molecule has 0 aromatic carbocycles. The van der Waals surface area contributed by atoms with Gasteiger partial charge < -0.3 is 9.19 Å². The minimum atomic E-state index is 0. The standard InChI is InChI=1S/C16H36N.C9H13NO.FH/c1-5-9-13-17(14-10-6-2,15-11-7-3)16-12-8-4;10-7-8-3-1-5-9(11)6-2-4-8;/h5-16H2,1-4H3;8H,1-6H2;1H/q+1;;/p-1. The topological polar surface area (TPSA) is 40.9 Å². The minimum absolute atomic E-state index is 0. The summed E-state index contributed by atoms with van der Waals surface area (Å²) in [5.74, 6) is 0.587. The Balaban J connectivity index is 0. The van der Waals surface area contributed by atoms with Crippen molar-refractivity contribution in [1.29, 1.82) is 5.26 Å². The summed E-state index contributed by atoms with van der Waals surface area (Å²) in [6, 6.07) is 2.28. The number of hydrogen-bond donors (Lipinski definition) is 0. The van der Waals surface area contributed by atoms with Crippen LogP contribution >= 0.6 is 0 Å². The smallest absolute Gasteiger partial charge is 0.132 e. The van der Waals surface area contributed by atoms with Crippen molar-refractivity contribution in [3.05, 3.63) is 0 Å². The molecule has 0 spiro atoms. The molecule has 1 rings (SSSR count). The first-order chi connectivity index (χ1) is 13.6. The lowest BCUT2D eigenvalue weighted by molar-refractivity contribution is -0.929. The van der Waals surface area contributed by atoms with Crippen LogP contribution in [0.15, 0.2) is 0 Å². The maximum Gasteiger partial charge on any atom is 0.132 e.